The molecule has 21 heavy (non-hydrogen) atoms. The molecule has 2 heterocycles. The maximum absolute atomic E-state index is 12.5. The third-order valence-electron chi connectivity index (χ3n) is 4.04. The number of carbonyl (C=O) groups is 1. The maximum Gasteiger partial charge on any atom is 0.253 e. The normalized spacial score (nSPS) is 16.1. The quantitative estimate of drug-likeness (QED) is 0.779. The number of rotatable bonds is 3. The fourth-order valence-electron chi connectivity index (χ4n) is 2.86. The maximum atomic E-state index is 12.5. The number of likely N-dealkylation sites (tertiary alicyclic amines) is 1. The second-order valence-corrected chi connectivity index (χ2v) is 7.48. The molecule has 1 aliphatic heterocycles. The van der Waals surface area contributed by atoms with Crippen LogP contribution in [0.25, 0.3) is 0 Å². The van der Waals surface area contributed by atoms with Crippen LogP contribution in [0, 0.1) is 5.92 Å². The Hall–Kier alpha value is -1.13. The van der Waals surface area contributed by atoms with Crippen LogP contribution in [0.1, 0.15) is 28.1 Å². The Kier molecular flexibility index (Phi) is 4.76. The molecule has 0 spiro atoms. The summed E-state index contributed by atoms with van der Waals surface area (Å²) in [6, 6.07) is 12.0. The molecule has 0 aliphatic carbocycles. The highest BCUT2D eigenvalue weighted by molar-refractivity contribution is 9.10. The lowest BCUT2D eigenvalue weighted by Gasteiger charge is -2.32. The van der Waals surface area contributed by atoms with E-state index in [9.17, 15) is 4.79 Å². The number of nitrogens with zero attached hydrogens (tertiary/aromatic N) is 1. The van der Waals surface area contributed by atoms with Gasteiger partial charge in [0.1, 0.15) is 0 Å². The molecule has 0 N–H and O–H groups in total. The molecule has 110 valence electrons. The average Bonchev–Trinajstić information content (AvgIpc) is 3.00. The van der Waals surface area contributed by atoms with Crippen molar-refractivity contribution in [1.29, 1.82) is 0 Å². The molecule has 1 aromatic carbocycles. The average molecular weight is 364 g/mol. The van der Waals surface area contributed by atoms with E-state index in [0.29, 0.717) is 0 Å². The number of hydrogen-bond donors (Lipinski definition) is 0. The number of hydrogen-bond acceptors (Lipinski definition) is 2. The summed E-state index contributed by atoms with van der Waals surface area (Å²) in [5.41, 5.74) is 0.779. The first-order valence-corrected chi connectivity index (χ1v) is 8.97. The van der Waals surface area contributed by atoms with Crippen LogP contribution >= 0.6 is 27.3 Å². The van der Waals surface area contributed by atoms with Crippen molar-refractivity contribution in [3.8, 4) is 0 Å². The van der Waals surface area contributed by atoms with Gasteiger partial charge in [-0.15, -0.1) is 11.3 Å². The number of piperidine rings is 1. The van der Waals surface area contributed by atoms with E-state index in [4.69, 9.17) is 0 Å². The Morgan fingerprint density at radius 1 is 1.24 bits per heavy atom. The first-order valence-electron chi connectivity index (χ1n) is 7.29. The highest BCUT2D eigenvalue weighted by Crippen LogP contribution is 2.25. The second kappa shape index (κ2) is 6.75. The molecule has 0 bridgehead atoms. The predicted molar refractivity (Wildman–Crippen MR) is 90.8 cm³/mol. The van der Waals surface area contributed by atoms with Gasteiger partial charge in [0.25, 0.3) is 5.91 Å². The molecule has 2 nitrogen and oxygen atoms in total. The zero-order valence-electron chi connectivity index (χ0n) is 11.8. The van der Waals surface area contributed by atoms with Crippen LogP contribution in [-0.2, 0) is 6.42 Å². The van der Waals surface area contributed by atoms with Crippen molar-refractivity contribution in [2.75, 3.05) is 13.1 Å². The summed E-state index contributed by atoms with van der Waals surface area (Å²) in [6.45, 7) is 1.75. The van der Waals surface area contributed by atoms with Gasteiger partial charge in [0.15, 0.2) is 0 Å². The summed E-state index contributed by atoms with van der Waals surface area (Å²) in [5.74, 6) is 0.876. The molecule has 0 atom stereocenters. The minimum absolute atomic E-state index is 0.158. The molecule has 1 saturated heterocycles. The van der Waals surface area contributed by atoms with Gasteiger partial charge in [0.2, 0.25) is 0 Å². The van der Waals surface area contributed by atoms with Crippen LogP contribution in [0.2, 0.25) is 0 Å². The second-order valence-electron chi connectivity index (χ2n) is 5.53. The fraction of sp³-hybridized carbons (Fsp3) is 0.353. The number of halogens is 1. The van der Waals surface area contributed by atoms with Crippen molar-refractivity contribution < 1.29 is 4.79 Å². The highest BCUT2D eigenvalue weighted by Gasteiger charge is 2.23. The van der Waals surface area contributed by atoms with Crippen molar-refractivity contribution >= 4 is 33.2 Å². The van der Waals surface area contributed by atoms with Crippen LogP contribution in [-0.4, -0.2) is 23.9 Å². The Morgan fingerprint density at radius 2 is 2.05 bits per heavy atom. The molecule has 4 heteroatoms. The zero-order valence-corrected chi connectivity index (χ0v) is 14.2. The zero-order chi connectivity index (χ0) is 14.7. The van der Waals surface area contributed by atoms with Gasteiger partial charge in [-0.05, 0) is 54.8 Å². The van der Waals surface area contributed by atoms with Crippen LogP contribution in [0.3, 0.4) is 0 Å². The number of carbonyl (C=O) groups excluding carboxylic acids is 1. The molecule has 3 rings (SSSR count). The van der Waals surface area contributed by atoms with Crippen LogP contribution in [0.5, 0.6) is 0 Å². The van der Waals surface area contributed by atoms with E-state index in [2.05, 4.69) is 33.4 Å². The Labute approximate surface area is 137 Å². The first kappa shape index (κ1) is 14.8. The van der Waals surface area contributed by atoms with E-state index >= 15 is 0 Å². The highest BCUT2D eigenvalue weighted by atomic mass is 79.9. The van der Waals surface area contributed by atoms with Crippen molar-refractivity contribution in [1.82, 2.24) is 4.90 Å². The van der Waals surface area contributed by atoms with Gasteiger partial charge in [0, 0.05) is 28.0 Å². The van der Waals surface area contributed by atoms with Crippen LogP contribution < -0.4 is 0 Å². The van der Waals surface area contributed by atoms with Crippen LogP contribution in [0.4, 0.5) is 0 Å². The molecule has 1 fully saturated rings. The van der Waals surface area contributed by atoms with E-state index in [-0.39, 0.29) is 5.91 Å². The number of thiophene rings is 1. The lowest BCUT2D eigenvalue weighted by molar-refractivity contribution is 0.0691. The predicted octanol–water partition coefficient (Wildman–Crippen LogP) is 4.61. The number of benzene rings is 1. The van der Waals surface area contributed by atoms with Gasteiger partial charge < -0.3 is 4.90 Å². The molecule has 0 unspecified atom stereocenters. The number of amides is 1. The summed E-state index contributed by atoms with van der Waals surface area (Å²) < 4.78 is 0.959. The van der Waals surface area contributed by atoms with Crippen LogP contribution in [0.15, 0.2) is 46.3 Å². The van der Waals surface area contributed by atoms with Gasteiger partial charge in [-0.1, -0.05) is 28.1 Å². The van der Waals surface area contributed by atoms with E-state index in [1.807, 2.05) is 40.5 Å². The summed E-state index contributed by atoms with van der Waals surface area (Å²) in [4.78, 5) is 15.9. The Balaban J connectivity index is 1.57. The minimum atomic E-state index is 0.158. The van der Waals surface area contributed by atoms with Gasteiger partial charge in [-0.25, -0.2) is 0 Å². The third kappa shape index (κ3) is 3.74. The molecule has 1 aromatic heterocycles. The van der Waals surface area contributed by atoms with E-state index in [0.717, 1.165) is 48.3 Å². The monoisotopic (exact) mass is 363 g/mol. The fourth-order valence-corrected chi connectivity index (χ4v) is 4.08. The van der Waals surface area contributed by atoms with Crippen molar-refractivity contribution in [2.45, 2.75) is 19.3 Å². The van der Waals surface area contributed by atoms with Crippen molar-refractivity contribution in [3.05, 3.63) is 56.7 Å². The summed E-state index contributed by atoms with van der Waals surface area (Å²) in [7, 11) is 0. The summed E-state index contributed by atoms with van der Waals surface area (Å²) in [5, 5.41) is 2.14. The Bertz CT molecular complexity index is 603. The molecule has 1 amide bonds. The lowest BCUT2D eigenvalue weighted by atomic mass is 9.92. The van der Waals surface area contributed by atoms with Gasteiger partial charge in [-0.3, -0.25) is 4.79 Å². The lowest BCUT2D eigenvalue weighted by Crippen LogP contribution is -2.38. The summed E-state index contributed by atoms with van der Waals surface area (Å²) >= 11 is 5.26. The van der Waals surface area contributed by atoms with E-state index < -0.39 is 0 Å². The molecular weight excluding hydrogens is 346 g/mol. The van der Waals surface area contributed by atoms with Gasteiger partial charge in [0.05, 0.1) is 0 Å². The topological polar surface area (TPSA) is 20.3 Å². The molecule has 2 aromatic rings. The van der Waals surface area contributed by atoms with Gasteiger partial charge in [-0.2, -0.15) is 0 Å². The standard InChI is InChI=1S/C17H18BrNOS/c18-15-4-1-3-14(12-15)17(20)19-8-6-13(7-9-19)11-16-5-2-10-21-16/h1-5,10,12-13H,6-9,11H2. The molecule has 0 radical (unpaired) electrons. The third-order valence-corrected chi connectivity index (χ3v) is 5.44. The smallest absolute Gasteiger partial charge is 0.253 e. The molecular formula is C17H18BrNOS. The van der Waals surface area contributed by atoms with E-state index in [1.54, 1.807) is 0 Å². The first-order chi connectivity index (χ1) is 10.2. The Morgan fingerprint density at radius 3 is 2.71 bits per heavy atom. The molecule has 0 saturated carbocycles. The largest absolute Gasteiger partial charge is 0.339 e. The molecule has 1 aliphatic rings. The van der Waals surface area contributed by atoms with E-state index in [1.165, 1.54) is 4.88 Å². The van der Waals surface area contributed by atoms with Crippen molar-refractivity contribution in [3.63, 3.8) is 0 Å². The van der Waals surface area contributed by atoms with Gasteiger partial charge >= 0.3 is 0 Å². The SMILES string of the molecule is O=C(c1cccc(Br)c1)N1CCC(Cc2cccs2)CC1. The van der Waals surface area contributed by atoms with Crippen molar-refractivity contribution in [2.24, 2.45) is 5.92 Å². The minimum Gasteiger partial charge on any atom is -0.339 e. The summed E-state index contributed by atoms with van der Waals surface area (Å²) in [6.07, 6.45) is 3.38.